The molecule has 0 saturated carbocycles. The minimum Gasteiger partial charge on any atom is -0.441 e. The van der Waals surface area contributed by atoms with Crippen LogP contribution in [0.15, 0.2) is 41.8 Å². The van der Waals surface area contributed by atoms with Crippen LogP contribution in [0.5, 0.6) is 5.75 Å². The van der Waals surface area contributed by atoms with E-state index >= 15 is 0 Å². The molecule has 1 amide bonds. The van der Waals surface area contributed by atoms with Crippen molar-refractivity contribution in [2.45, 2.75) is 37.6 Å². The van der Waals surface area contributed by atoms with Gasteiger partial charge in [-0.1, -0.05) is 11.3 Å². The lowest BCUT2D eigenvalue weighted by molar-refractivity contribution is -0.274. The van der Waals surface area contributed by atoms with Gasteiger partial charge in [-0.25, -0.2) is 0 Å². The predicted octanol–water partition coefficient (Wildman–Crippen LogP) is 0.525. The minimum absolute atomic E-state index is 0.0492. The van der Waals surface area contributed by atoms with E-state index in [0.717, 1.165) is 12.1 Å². The molecule has 1 unspecified atom stereocenters. The summed E-state index contributed by atoms with van der Waals surface area (Å²) in [5.41, 5.74) is 2.72. The molecule has 3 atom stereocenters. The molecule has 1 aromatic heterocycles. The van der Waals surface area contributed by atoms with Crippen molar-refractivity contribution in [1.82, 2.24) is 30.6 Å². The molecule has 4 rings (SSSR count). The maximum Gasteiger partial charge on any atom is 0.573 e. The van der Waals surface area contributed by atoms with Crippen molar-refractivity contribution in [3.05, 3.63) is 42.2 Å². The number of hydrogen-bond donors (Lipinski definition) is 2. The average molecular weight is 450 g/mol. The van der Waals surface area contributed by atoms with Crippen molar-refractivity contribution in [2.24, 2.45) is 5.10 Å². The molecular weight excluding hydrogens is 433 g/mol. The number of benzene rings is 1. The average Bonchev–Trinajstić information content (AvgIpc) is 3.48. The van der Waals surface area contributed by atoms with Gasteiger partial charge in [0.05, 0.1) is 18.8 Å². The highest BCUT2D eigenvalue weighted by Crippen LogP contribution is 2.24. The quantitative estimate of drug-likeness (QED) is 0.610. The van der Waals surface area contributed by atoms with Gasteiger partial charge in [0.1, 0.15) is 5.75 Å². The molecule has 2 N–H and O–H groups in total. The molecule has 2 aliphatic rings. The Hall–Kier alpha value is -4.02. The number of alkyl halides is 3. The van der Waals surface area contributed by atoms with E-state index in [0.29, 0.717) is 19.5 Å². The predicted molar refractivity (Wildman–Crippen MR) is 100 cm³/mol. The second kappa shape index (κ2) is 8.61. The zero-order valence-electron chi connectivity index (χ0n) is 16.4. The molecule has 0 spiro atoms. The van der Waals surface area contributed by atoms with Crippen molar-refractivity contribution in [3.63, 3.8) is 0 Å². The van der Waals surface area contributed by atoms with Crippen LogP contribution in [0.1, 0.15) is 12.0 Å². The van der Waals surface area contributed by atoms with E-state index in [2.05, 4.69) is 37.1 Å². The smallest absolute Gasteiger partial charge is 0.441 e. The number of nitriles is 1. The normalized spacial score (nSPS) is 22.5. The largest absolute Gasteiger partial charge is 0.573 e. The van der Waals surface area contributed by atoms with Gasteiger partial charge in [-0.2, -0.15) is 5.26 Å². The molecule has 3 heterocycles. The van der Waals surface area contributed by atoms with Crippen LogP contribution in [0.2, 0.25) is 0 Å². The van der Waals surface area contributed by atoms with Crippen molar-refractivity contribution in [3.8, 4) is 11.9 Å². The first-order valence-corrected chi connectivity index (χ1v) is 9.47. The van der Waals surface area contributed by atoms with Gasteiger partial charge in [0.25, 0.3) is 12.1 Å². The summed E-state index contributed by atoms with van der Waals surface area (Å²) in [6, 6.07) is 4.59. The molecule has 2 aliphatic heterocycles. The van der Waals surface area contributed by atoms with Gasteiger partial charge in [0, 0.05) is 24.3 Å². The summed E-state index contributed by atoms with van der Waals surface area (Å²) >= 11 is 0. The Kier molecular flexibility index (Phi) is 5.71. The van der Waals surface area contributed by atoms with E-state index < -0.39 is 24.2 Å². The number of hydrazone groups is 1. The number of amides is 1. The molecule has 14 heteroatoms. The van der Waals surface area contributed by atoms with E-state index in [1.807, 2.05) is 0 Å². The fourth-order valence-electron chi connectivity index (χ4n) is 3.49. The third-order valence-electron chi connectivity index (χ3n) is 4.82. The second-order valence-corrected chi connectivity index (χ2v) is 7.09. The summed E-state index contributed by atoms with van der Waals surface area (Å²) in [6.45, 7) is 0.764. The highest BCUT2D eigenvalue weighted by Gasteiger charge is 2.36. The first-order chi connectivity index (χ1) is 15.3. The number of hydrogen-bond acceptors (Lipinski definition) is 9. The number of likely N-dealkylation sites (tertiary alicyclic amines) is 1. The highest BCUT2D eigenvalue weighted by molar-refractivity contribution is 5.97. The molecule has 0 bridgehead atoms. The number of ether oxygens (including phenoxy) is 2. The Morgan fingerprint density at radius 3 is 3.00 bits per heavy atom. The Morgan fingerprint density at radius 2 is 2.28 bits per heavy atom. The Bertz CT molecular complexity index is 1040. The first-order valence-electron chi connectivity index (χ1n) is 9.47. The van der Waals surface area contributed by atoms with Crippen LogP contribution < -0.4 is 15.5 Å². The van der Waals surface area contributed by atoms with Gasteiger partial charge in [0.2, 0.25) is 5.90 Å². The summed E-state index contributed by atoms with van der Waals surface area (Å²) in [5, 5.41) is 23.7. The molecule has 168 valence electrons. The molecule has 0 radical (unpaired) electrons. The lowest BCUT2D eigenvalue weighted by Crippen LogP contribution is -2.46. The number of carbonyl (C=O) groups is 1. The third-order valence-corrected chi connectivity index (χ3v) is 4.82. The standard InChI is InChI=1S/C18H17F3N8O3/c19-18(20,21)32-14-3-1-2-11(6-14)16-25-26-17(31-16)15(30)24-12-7-13(28(8-12)10-22)9-29-5-4-23-27-29/h1-6,12-13,17,26H,7-9H2,(H,24,30)/t12-,13+,17?/m1/s1. The number of nitrogens with zero attached hydrogens (tertiary/aromatic N) is 6. The van der Waals surface area contributed by atoms with E-state index in [4.69, 9.17) is 4.74 Å². The molecular formula is C18H17F3N8O3. The van der Waals surface area contributed by atoms with Crippen LogP contribution >= 0.6 is 0 Å². The van der Waals surface area contributed by atoms with Crippen LogP contribution in [0.4, 0.5) is 13.2 Å². The van der Waals surface area contributed by atoms with E-state index in [1.165, 1.54) is 18.3 Å². The first kappa shape index (κ1) is 21.2. The van der Waals surface area contributed by atoms with Crippen molar-refractivity contribution in [1.29, 1.82) is 5.26 Å². The van der Waals surface area contributed by atoms with Gasteiger partial charge in [0.15, 0.2) is 6.19 Å². The fraction of sp³-hybridized carbons (Fsp3) is 0.389. The number of nitrogens with one attached hydrogen (secondary N) is 2. The summed E-state index contributed by atoms with van der Waals surface area (Å²) < 4.78 is 48.2. The molecule has 1 fully saturated rings. The summed E-state index contributed by atoms with van der Waals surface area (Å²) in [7, 11) is 0. The lowest BCUT2D eigenvalue weighted by atomic mass is 10.1. The van der Waals surface area contributed by atoms with Gasteiger partial charge < -0.3 is 19.7 Å². The monoisotopic (exact) mass is 450 g/mol. The van der Waals surface area contributed by atoms with Crippen molar-refractivity contribution < 1.29 is 27.4 Å². The van der Waals surface area contributed by atoms with Gasteiger partial charge in [-0.05, 0) is 24.6 Å². The van der Waals surface area contributed by atoms with Gasteiger partial charge in [-0.3, -0.25) is 14.9 Å². The van der Waals surface area contributed by atoms with Crippen molar-refractivity contribution >= 4 is 11.8 Å². The van der Waals surface area contributed by atoms with Crippen LogP contribution in [-0.2, 0) is 16.1 Å². The molecule has 1 aromatic carbocycles. The zero-order valence-corrected chi connectivity index (χ0v) is 16.4. The Morgan fingerprint density at radius 1 is 1.44 bits per heavy atom. The summed E-state index contributed by atoms with van der Waals surface area (Å²) in [6.07, 6.45) is -0.153. The van der Waals surface area contributed by atoms with E-state index in [9.17, 15) is 23.2 Å². The summed E-state index contributed by atoms with van der Waals surface area (Å²) in [4.78, 5) is 14.1. The maximum absolute atomic E-state index is 12.6. The second-order valence-electron chi connectivity index (χ2n) is 7.09. The number of rotatable bonds is 6. The Balaban J connectivity index is 1.32. The SMILES string of the molecule is N#CN1C[C@H](NC(=O)C2NN=C(c3cccc(OC(F)(F)F)c3)O2)C[C@H]1Cn1ccnn1. The van der Waals surface area contributed by atoms with E-state index in [1.54, 1.807) is 15.8 Å². The topological polar surface area (TPSA) is 130 Å². The highest BCUT2D eigenvalue weighted by atomic mass is 19.4. The molecule has 32 heavy (non-hydrogen) atoms. The minimum atomic E-state index is -4.83. The zero-order chi connectivity index (χ0) is 22.7. The number of aromatic nitrogens is 3. The molecule has 11 nitrogen and oxygen atoms in total. The van der Waals surface area contributed by atoms with E-state index in [-0.39, 0.29) is 23.5 Å². The van der Waals surface area contributed by atoms with Crippen molar-refractivity contribution in [2.75, 3.05) is 6.54 Å². The maximum atomic E-state index is 12.6. The van der Waals surface area contributed by atoms with Crippen LogP contribution in [0, 0.1) is 11.5 Å². The lowest BCUT2D eigenvalue weighted by Gasteiger charge is -2.16. The fourth-order valence-corrected chi connectivity index (χ4v) is 3.49. The number of halogens is 3. The third kappa shape index (κ3) is 4.99. The van der Waals surface area contributed by atoms with Gasteiger partial charge >= 0.3 is 6.36 Å². The molecule has 2 aromatic rings. The van der Waals surface area contributed by atoms with Crippen LogP contribution in [-0.4, -0.2) is 62.9 Å². The molecule has 1 saturated heterocycles. The molecule has 0 aliphatic carbocycles. The van der Waals surface area contributed by atoms with Crippen LogP contribution in [0.3, 0.4) is 0 Å². The van der Waals surface area contributed by atoms with Crippen LogP contribution in [0.25, 0.3) is 0 Å². The number of carbonyl (C=O) groups excluding carboxylic acids is 1. The summed E-state index contributed by atoms with van der Waals surface area (Å²) in [5.74, 6) is -1.00. The van der Waals surface area contributed by atoms with Gasteiger partial charge in [-0.15, -0.1) is 23.4 Å². The Labute approximate surface area is 179 Å².